The van der Waals surface area contributed by atoms with Gasteiger partial charge in [0.25, 0.3) is 5.91 Å². The van der Waals surface area contributed by atoms with Gasteiger partial charge in [-0.15, -0.1) is 11.3 Å². The van der Waals surface area contributed by atoms with Gasteiger partial charge in [0, 0.05) is 6.08 Å². The number of anilines is 1. The van der Waals surface area contributed by atoms with Crippen LogP contribution in [-0.2, 0) is 19.1 Å². The molecular weight excluding hydrogens is 368 g/mol. The first-order valence-electron chi connectivity index (χ1n) is 7.80. The van der Waals surface area contributed by atoms with Crippen LogP contribution in [0.4, 0.5) is 5.00 Å². The van der Waals surface area contributed by atoms with Crippen LogP contribution in [0.1, 0.15) is 28.4 Å². The lowest BCUT2D eigenvalue weighted by molar-refractivity contribution is -0.148. The van der Waals surface area contributed by atoms with E-state index in [0.717, 1.165) is 0 Å². The fraction of sp³-hybridized carbons (Fsp3) is 0.158. The molecular formula is C19H16N2O5S. The topological polar surface area (TPSA) is 105 Å². The van der Waals surface area contributed by atoms with Gasteiger partial charge in [0.05, 0.1) is 18.2 Å². The molecule has 0 saturated carbocycles. The van der Waals surface area contributed by atoms with Crippen LogP contribution < -0.4 is 5.32 Å². The minimum Gasteiger partial charge on any atom is -0.465 e. The van der Waals surface area contributed by atoms with Gasteiger partial charge in [-0.1, -0.05) is 12.1 Å². The Hall–Kier alpha value is -3.44. The number of methoxy groups -OCH3 is 1. The van der Waals surface area contributed by atoms with Gasteiger partial charge in [-0.05, 0) is 42.1 Å². The Balaban J connectivity index is 1.90. The fourth-order valence-corrected chi connectivity index (χ4v) is 2.73. The summed E-state index contributed by atoms with van der Waals surface area (Å²) >= 11 is 1.21. The summed E-state index contributed by atoms with van der Waals surface area (Å²) in [6.45, 7) is 1.44. The van der Waals surface area contributed by atoms with E-state index in [2.05, 4.69) is 10.1 Å². The van der Waals surface area contributed by atoms with Crippen LogP contribution in [0.5, 0.6) is 0 Å². The van der Waals surface area contributed by atoms with Crippen LogP contribution in [0.2, 0.25) is 0 Å². The summed E-state index contributed by atoms with van der Waals surface area (Å²) in [7, 11) is 1.29. The number of amides is 1. The summed E-state index contributed by atoms with van der Waals surface area (Å²) in [5.74, 6) is -1.67. The largest absolute Gasteiger partial charge is 0.465 e. The Labute approximate surface area is 159 Å². The van der Waals surface area contributed by atoms with Crippen molar-refractivity contribution in [3.63, 3.8) is 0 Å². The molecule has 1 amide bonds. The first-order chi connectivity index (χ1) is 12.9. The summed E-state index contributed by atoms with van der Waals surface area (Å²) in [5, 5.41) is 13.6. The first-order valence-corrected chi connectivity index (χ1v) is 8.68. The minimum absolute atomic E-state index is 0.349. The molecule has 0 aliphatic heterocycles. The van der Waals surface area contributed by atoms with Crippen molar-refractivity contribution in [2.75, 3.05) is 12.4 Å². The number of hydrogen-bond acceptors (Lipinski definition) is 7. The van der Waals surface area contributed by atoms with Crippen LogP contribution in [-0.4, -0.2) is 31.1 Å². The predicted octanol–water partition coefficient (Wildman–Crippen LogP) is 2.99. The van der Waals surface area contributed by atoms with Crippen molar-refractivity contribution in [1.29, 1.82) is 5.26 Å². The lowest BCUT2D eigenvalue weighted by atomic mass is 10.1. The molecule has 0 radical (unpaired) electrons. The number of carbonyl (C=O) groups excluding carboxylic acids is 3. The van der Waals surface area contributed by atoms with E-state index in [4.69, 9.17) is 10.00 Å². The molecule has 1 N–H and O–H groups in total. The zero-order chi connectivity index (χ0) is 19.8. The third-order valence-corrected chi connectivity index (χ3v) is 4.26. The summed E-state index contributed by atoms with van der Waals surface area (Å²) in [6, 6.07) is 9.98. The van der Waals surface area contributed by atoms with Gasteiger partial charge >= 0.3 is 11.9 Å². The molecule has 1 atom stereocenters. The van der Waals surface area contributed by atoms with Gasteiger partial charge in [-0.3, -0.25) is 4.79 Å². The van der Waals surface area contributed by atoms with Crippen LogP contribution in [0, 0.1) is 11.3 Å². The molecule has 1 aromatic heterocycles. The standard InChI is InChI=1S/C19H16N2O5S/c1-12(17(23)21-18-15(11-20)9-10-27-18)26-16(22)8-5-13-3-6-14(7-4-13)19(24)25-2/h3-10,12H,1-2H3,(H,21,23)/b8-5+/t12-/m1/s1. The van der Waals surface area contributed by atoms with E-state index in [-0.39, 0.29) is 0 Å². The van der Waals surface area contributed by atoms with Crippen molar-refractivity contribution in [1.82, 2.24) is 0 Å². The van der Waals surface area contributed by atoms with Gasteiger partial charge in [-0.25, -0.2) is 9.59 Å². The van der Waals surface area contributed by atoms with E-state index in [1.807, 2.05) is 6.07 Å². The monoisotopic (exact) mass is 384 g/mol. The molecule has 0 spiro atoms. The highest BCUT2D eigenvalue weighted by Gasteiger charge is 2.18. The molecule has 8 heteroatoms. The highest BCUT2D eigenvalue weighted by Crippen LogP contribution is 2.22. The van der Waals surface area contributed by atoms with Gasteiger partial charge in [-0.2, -0.15) is 5.26 Å². The second-order valence-electron chi connectivity index (χ2n) is 5.29. The molecule has 0 fully saturated rings. The zero-order valence-corrected chi connectivity index (χ0v) is 15.4. The summed E-state index contributed by atoms with van der Waals surface area (Å²) < 4.78 is 9.65. The van der Waals surface area contributed by atoms with E-state index in [0.29, 0.717) is 21.7 Å². The second kappa shape index (κ2) is 9.31. The molecule has 0 unspecified atom stereocenters. The molecule has 1 aromatic carbocycles. The summed E-state index contributed by atoms with van der Waals surface area (Å²) in [5.41, 5.74) is 1.42. The number of rotatable bonds is 6. The summed E-state index contributed by atoms with van der Waals surface area (Å²) in [6.07, 6.45) is 1.65. The van der Waals surface area contributed by atoms with Gasteiger partial charge in [0.15, 0.2) is 6.10 Å². The molecule has 138 valence electrons. The Morgan fingerprint density at radius 2 is 1.93 bits per heavy atom. The quantitative estimate of drug-likeness (QED) is 0.606. The highest BCUT2D eigenvalue weighted by molar-refractivity contribution is 7.14. The number of carbonyl (C=O) groups is 3. The van der Waals surface area contributed by atoms with Crippen LogP contribution in [0.15, 0.2) is 41.8 Å². The van der Waals surface area contributed by atoms with Crippen molar-refractivity contribution in [3.8, 4) is 6.07 Å². The number of hydrogen-bond donors (Lipinski definition) is 1. The lowest BCUT2D eigenvalue weighted by Crippen LogP contribution is -2.29. The average Bonchev–Trinajstić information content (AvgIpc) is 3.13. The predicted molar refractivity (Wildman–Crippen MR) is 100 cm³/mol. The van der Waals surface area contributed by atoms with Crippen molar-refractivity contribution < 1.29 is 23.9 Å². The Kier molecular flexibility index (Phi) is 6.86. The number of nitriles is 1. The lowest BCUT2D eigenvalue weighted by Gasteiger charge is -2.11. The molecule has 1 heterocycles. The normalized spacial score (nSPS) is 11.4. The molecule has 0 aliphatic carbocycles. The number of ether oxygens (including phenoxy) is 2. The van der Waals surface area contributed by atoms with Gasteiger partial charge in [0.2, 0.25) is 0 Å². The average molecular weight is 384 g/mol. The van der Waals surface area contributed by atoms with Crippen LogP contribution in [0.3, 0.4) is 0 Å². The molecule has 0 aliphatic rings. The van der Waals surface area contributed by atoms with E-state index >= 15 is 0 Å². The molecule has 27 heavy (non-hydrogen) atoms. The fourth-order valence-electron chi connectivity index (χ4n) is 1.99. The number of nitrogens with one attached hydrogen (secondary N) is 1. The highest BCUT2D eigenvalue weighted by atomic mass is 32.1. The number of nitrogens with zero attached hydrogens (tertiary/aromatic N) is 1. The Morgan fingerprint density at radius 1 is 1.22 bits per heavy atom. The molecule has 0 saturated heterocycles. The Morgan fingerprint density at radius 3 is 2.56 bits per heavy atom. The molecule has 7 nitrogen and oxygen atoms in total. The number of benzene rings is 1. The molecule has 2 rings (SSSR count). The Bertz CT molecular complexity index is 909. The SMILES string of the molecule is COC(=O)c1ccc(/C=C/C(=O)O[C@H](C)C(=O)Nc2sccc2C#N)cc1. The maximum Gasteiger partial charge on any atom is 0.337 e. The number of thiophene rings is 1. The zero-order valence-electron chi connectivity index (χ0n) is 14.6. The number of esters is 2. The summed E-state index contributed by atoms with van der Waals surface area (Å²) in [4.78, 5) is 35.3. The smallest absolute Gasteiger partial charge is 0.337 e. The van der Waals surface area contributed by atoms with Crippen LogP contribution >= 0.6 is 11.3 Å². The van der Waals surface area contributed by atoms with Crippen LogP contribution in [0.25, 0.3) is 6.08 Å². The minimum atomic E-state index is -1.03. The second-order valence-corrected chi connectivity index (χ2v) is 6.21. The van der Waals surface area contributed by atoms with E-state index in [1.54, 1.807) is 35.7 Å². The molecule has 0 bridgehead atoms. The van der Waals surface area contributed by atoms with Crippen molar-refractivity contribution in [3.05, 3.63) is 58.5 Å². The van der Waals surface area contributed by atoms with E-state index in [1.165, 1.54) is 37.5 Å². The van der Waals surface area contributed by atoms with Crippen molar-refractivity contribution in [2.24, 2.45) is 0 Å². The van der Waals surface area contributed by atoms with Gasteiger partial charge in [0.1, 0.15) is 11.1 Å². The van der Waals surface area contributed by atoms with E-state index < -0.39 is 23.9 Å². The first kappa shape index (κ1) is 19.9. The maximum absolute atomic E-state index is 12.1. The van der Waals surface area contributed by atoms with Crippen molar-refractivity contribution >= 4 is 40.3 Å². The maximum atomic E-state index is 12.1. The van der Waals surface area contributed by atoms with Crippen molar-refractivity contribution in [2.45, 2.75) is 13.0 Å². The van der Waals surface area contributed by atoms with E-state index in [9.17, 15) is 14.4 Å². The third kappa shape index (κ3) is 5.52. The third-order valence-electron chi connectivity index (χ3n) is 3.43. The molecule has 2 aromatic rings. The van der Waals surface area contributed by atoms with Gasteiger partial charge < -0.3 is 14.8 Å².